The number of para-hydroxylation sites is 1. The molecule has 4 aromatic rings. The Kier molecular flexibility index (Phi) is 6.67. The van der Waals surface area contributed by atoms with E-state index in [1.54, 1.807) is 50.3 Å². The minimum atomic E-state index is -4.07. The largest absolute Gasteiger partial charge is 0.493 e. The third kappa shape index (κ3) is 4.52. The SMILES string of the molecule is CC1=CC(c2cc(S(=O)(=O)N3CCc4ccccc43)ccc2OCC2CC2)=CCC1(C)S(=O)(=O)n1ccc2cc[nH]c(=O)c21. The van der Waals surface area contributed by atoms with Crippen molar-refractivity contribution in [3.8, 4) is 5.75 Å². The Morgan fingerprint density at radius 2 is 1.84 bits per heavy atom. The van der Waals surface area contributed by atoms with Gasteiger partial charge in [-0.1, -0.05) is 30.4 Å². The van der Waals surface area contributed by atoms with Gasteiger partial charge in [0.1, 0.15) is 16.0 Å². The van der Waals surface area contributed by atoms with Crippen molar-refractivity contribution in [2.75, 3.05) is 17.5 Å². The fourth-order valence-corrected chi connectivity index (χ4v) is 9.47. The number of ether oxygens (including phenoxy) is 1. The van der Waals surface area contributed by atoms with Gasteiger partial charge in [-0.25, -0.2) is 20.8 Å². The van der Waals surface area contributed by atoms with Crippen molar-refractivity contribution in [2.24, 2.45) is 5.92 Å². The molecule has 0 saturated heterocycles. The lowest BCUT2D eigenvalue weighted by atomic mass is 9.87. The van der Waals surface area contributed by atoms with Crippen molar-refractivity contribution in [3.63, 3.8) is 0 Å². The summed E-state index contributed by atoms with van der Waals surface area (Å²) in [6, 6.07) is 15.7. The Morgan fingerprint density at radius 1 is 1.05 bits per heavy atom. The van der Waals surface area contributed by atoms with Gasteiger partial charge in [0.15, 0.2) is 0 Å². The Morgan fingerprint density at radius 3 is 2.61 bits per heavy atom. The second kappa shape index (κ2) is 10.2. The number of sulfonamides is 1. The van der Waals surface area contributed by atoms with E-state index in [0.29, 0.717) is 59.0 Å². The molecule has 0 spiro atoms. The second-order valence-corrected chi connectivity index (χ2v) is 16.1. The van der Waals surface area contributed by atoms with Crippen molar-refractivity contribution in [1.29, 1.82) is 0 Å². The average molecular weight is 632 g/mol. The second-order valence-electron chi connectivity index (χ2n) is 12.0. The van der Waals surface area contributed by atoms with Crippen LogP contribution in [0.2, 0.25) is 0 Å². The summed E-state index contributed by atoms with van der Waals surface area (Å²) in [5.74, 6) is 1.04. The summed E-state index contributed by atoms with van der Waals surface area (Å²) in [5, 5.41) is 0.533. The van der Waals surface area contributed by atoms with Crippen molar-refractivity contribution >= 4 is 42.2 Å². The summed E-state index contributed by atoms with van der Waals surface area (Å²) in [5.41, 5.74) is 3.13. The molecule has 44 heavy (non-hydrogen) atoms. The molecule has 3 aliphatic rings. The predicted octanol–water partition coefficient (Wildman–Crippen LogP) is 5.24. The summed E-state index contributed by atoms with van der Waals surface area (Å²) in [6.07, 6.45) is 9.49. The molecule has 1 fully saturated rings. The number of hydrogen-bond donors (Lipinski definition) is 1. The van der Waals surface area contributed by atoms with Gasteiger partial charge < -0.3 is 9.72 Å². The van der Waals surface area contributed by atoms with E-state index in [4.69, 9.17) is 4.74 Å². The van der Waals surface area contributed by atoms with Crippen LogP contribution in [-0.4, -0.2) is 43.7 Å². The van der Waals surface area contributed by atoms with Crippen molar-refractivity contribution in [2.45, 2.75) is 49.2 Å². The zero-order valence-electron chi connectivity index (χ0n) is 24.5. The molecule has 0 bridgehead atoms. The molecule has 228 valence electrons. The van der Waals surface area contributed by atoms with Gasteiger partial charge in [-0.2, -0.15) is 0 Å². The number of aromatic nitrogens is 2. The van der Waals surface area contributed by atoms with Gasteiger partial charge in [-0.05, 0) is 98.6 Å². The number of allylic oxidation sites excluding steroid dienone is 3. The van der Waals surface area contributed by atoms with E-state index in [9.17, 15) is 21.6 Å². The maximum atomic E-state index is 14.1. The maximum Gasteiger partial charge on any atom is 0.273 e. The van der Waals surface area contributed by atoms with Crippen LogP contribution in [-0.2, 0) is 26.5 Å². The van der Waals surface area contributed by atoms with Crippen LogP contribution >= 0.6 is 0 Å². The van der Waals surface area contributed by atoms with E-state index >= 15 is 0 Å². The van der Waals surface area contributed by atoms with Gasteiger partial charge in [0.05, 0.1) is 17.2 Å². The van der Waals surface area contributed by atoms with Crippen molar-refractivity contribution in [3.05, 3.63) is 106 Å². The van der Waals surface area contributed by atoms with E-state index in [0.717, 1.165) is 22.4 Å². The minimum absolute atomic E-state index is 0.0773. The van der Waals surface area contributed by atoms with Crippen LogP contribution in [0.4, 0.5) is 5.69 Å². The highest BCUT2D eigenvalue weighted by Gasteiger charge is 2.44. The van der Waals surface area contributed by atoms with Gasteiger partial charge in [0.2, 0.25) is 10.0 Å². The van der Waals surface area contributed by atoms with Gasteiger partial charge in [0.25, 0.3) is 15.6 Å². The van der Waals surface area contributed by atoms with E-state index in [-0.39, 0.29) is 16.8 Å². The lowest BCUT2D eigenvalue weighted by Gasteiger charge is -2.33. The summed E-state index contributed by atoms with van der Waals surface area (Å²) in [6.45, 7) is 4.31. The molecule has 1 saturated carbocycles. The first kappa shape index (κ1) is 28.7. The number of anilines is 1. The molecule has 1 atom stereocenters. The maximum absolute atomic E-state index is 14.1. The molecule has 1 aliphatic heterocycles. The van der Waals surface area contributed by atoms with Gasteiger partial charge >= 0.3 is 0 Å². The van der Waals surface area contributed by atoms with Crippen LogP contribution in [0.15, 0.2) is 94.4 Å². The fourth-order valence-electron chi connectivity index (χ4n) is 6.09. The van der Waals surface area contributed by atoms with Crippen LogP contribution in [0, 0.1) is 5.92 Å². The highest BCUT2D eigenvalue weighted by molar-refractivity contribution is 7.93. The summed E-state index contributed by atoms with van der Waals surface area (Å²) < 4.78 is 63.4. The number of aromatic amines is 1. The third-order valence-corrected chi connectivity index (χ3v) is 13.4. The van der Waals surface area contributed by atoms with Crippen LogP contribution in [0.1, 0.15) is 44.2 Å². The van der Waals surface area contributed by atoms with Crippen LogP contribution in [0.5, 0.6) is 5.75 Å². The number of H-pyrrole nitrogens is 1. The topological polar surface area (TPSA) is 119 Å². The smallest absolute Gasteiger partial charge is 0.273 e. The molecule has 3 heterocycles. The normalized spacial score (nSPS) is 20.4. The molecule has 11 heteroatoms. The standard InChI is InChI=1S/C33H33N3O6S2/c1-22-19-26(11-15-33(22,2)44(40,41)36-18-14-25-12-16-34-32(37)31(25)36)28-20-27(9-10-30(28)42-21-23-7-8-23)43(38,39)35-17-13-24-5-3-4-6-29(24)35/h3-6,9-12,14,16,18-20,23H,7-8,13,15,17,21H2,1-2H3,(H,34,37). The van der Waals surface area contributed by atoms with Crippen LogP contribution in [0.3, 0.4) is 0 Å². The van der Waals surface area contributed by atoms with E-state index in [2.05, 4.69) is 4.98 Å². The Labute approximate surface area is 256 Å². The summed E-state index contributed by atoms with van der Waals surface area (Å²) in [7, 11) is -7.93. The number of pyridine rings is 1. The quantitative estimate of drug-likeness (QED) is 0.284. The van der Waals surface area contributed by atoms with E-state index in [1.165, 1.54) is 16.7 Å². The number of nitrogens with zero attached hydrogens (tertiary/aromatic N) is 2. The van der Waals surface area contributed by atoms with Gasteiger partial charge in [-0.15, -0.1) is 0 Å². The first-order valence-electron chi connectivity index (χ1n) is 14.7. The molecule has 0 radical (unpaired) electrons. The van der Waals surface area contributed by atoms with E-state index < -0.39 is 30.4 Å². The molecule has 0 amide bonds. The zero-order valence-corrected chi connectivity index (χ0v) is 26.1. The molecule has 2 aromatic heterocycles. The molecule has 2 aromatic carbocycles. The molecule has 7 rings (SSSR count). The van der Waals surface area contributed by atoms with Gasteiger partial charge in [-0.3, -0.25) is 9.10 Å². The molecular formula is C33H33N3O6S2. The highest BCUT2D eigenvalue weighted by atomic mass is 32.2. The predicted molar refractivity (Wildman–Crippen MR) is 171 cm³/mol. The molecule has 9 nitrogen and oxygen atoms in total. The van der Waals surface area contributed by atoms with Gasteiger partial charge in [0, 0.05) is 29.9 Å². The zero-order chi connectivity index (χ0) is 30.9. The molecule has 1 unspecified atom stereocenters. The number of benzene rings is 2. The van der Waals surface area contributed by atoms with Crippen LogP contribution in [0.25, 0.3) is 16.5 Å². The summed E-state index contributed by atoms with van der Waals surface area (Å²) >= 11 is 0. The Hall–Kier alpha value is -4.09. The Balaban J connectivity index is 1.27. The number of nitrogens with one attached hydrogen (secondary N) is 1. The highest BCUT2D eigenvalue weighted by Crippen LogP contribution is 2.43. The number of rotatable bonds is 8. The van der Waals surface area contributed by atoms with Crippen molar-refractivity contribution < 1.29 is 21.6 Å². The number of fused-ring (bicyclic) bond motifs is 2. The fraction of sp³-hybridized carbons (Fsp3) is 0.303. The minimum Gasteiger partial charge on any atom is -0.493 e. The molecule has 2 aliphatic carbocycles. The first-order chi connectivity index (χ1) is 21.0. The third-order valence-electron chi connectivity index (χ3n) is 9.19. The lowest BCUT2D eigenvalue weighted by molar-refractivity contribution is 0.299. The molecule has 1 N–H and O–H groups in total. The lowest BCUT2D eigenvalue weighted by Crippen LogP contribution is -2.41. The average Bonchev–Trinajstić information content (AvgIpc) is 3.55. The summed E-state index contributed by atoms with van der Waals surface area (Å²) in [4.78, 5) is 15.3. The molecular weight excluding hydrogens is 599 g/mol. The monoisotopic (exact) mass is 631 g/mol. The van der Waals surface area contributed by atoms with Crippen LogP contribution < -0.4 is 14.6 Å². The van der Waals surface area contributed by atoms with E-state index in [1.807, 2.05) is 30.3 Å². The Bertz CT molecular complexity index is 2160. The first-order valence-corrected chi connectivity index (χ1v) is 17.6. The number of hydrogen-bond acceptors (Lipinski definition) is 6. The van der Waals surface area contributed by atoms with Crippen molar-refractivity contribution in [1.82, 2.24) is 8.96 Å².